The van der Waals surface area contributed by atoms with Crippen molar-refractivity contribution < 1.29 is 9.66 Å². The SMILES string of the molecule is Cc1ccc(Nc2ncnc(Oc3ccccc3)c2[N+](=O)[O-])nc1. The fourth-order valence-corrected chi connectivity index (χ4v) is 1.96. The van der Waals surface area contributed by atoms with Gasteiger partial charge in [-0.15, -0.1) is 0 Å². The minimum absolute atomic E-state index is 0.0114. The average Bonchev–Trinajstić information content (AvgIpc) is 2.58. The molecule has 0 amide bonds. The molecule has 0 bridgehead atoms. The van der Waals surface area contributed by atoms with Gasteiger partial charge in [0.25, 0.3) is 0 Å². The third-order valence-corrected chi connectivity index (χ3v) is 3.09. The molecule has 0 aliphatic carbocycles. The molecule has 1 aromatic carbocycles. The van der Waals surface area contributed by atoms with E-state index < -0.39 is 4.92 Å². The number of nitro groups is 1. The van der Waals surface area contributed by atoms with Crippen molar-refractivity contribution in [1.29, 1.82) is 0 Å². The summed E-state index contributed by atoms with van der Waals surface area (Å²) in [7, 11) is 0. The summed E-state index contributed by atoms with van der Waals surface area (Å²) < 4.78 is 5.52. The molecule has 2 aromatic heterocycles. The standard InChI is InChI=1S/C16H13N5O3/c1-11-7-8-13(17-9-11)20-15-14(21(22)23)16(19-10-18-15)24-12-5-3-2-4-6-12/h2-10H,1H3,(H,17,18,19,20). The van der Waals surface area contributed by atoms with Crippen LogP contribution in [-0.4, -0.2) is 19.9 Å². The fourth-order valence-electron chi connectivity index (χ4n) is 1.96. The van der Waals surface area contributed by atoms with Gasteiger partial charge in [0.1, 0.15) is 17.9 Å². The summed E-state index contributed by atoms with van der Waals surface area (Å²) in [5, 5.41) is 14.3. The van der Waals surface area contributed by atoms with Gasteiger partial charge in [-0.25, -0.2) is 9.97 Å². The fraction of sp³-hybridized carbons (Fsp3) is 0.0625. The van der Waals surface area contributed by atoms with Crippen LogP contribution in [0.15, 0.2) is 55.0 Å². The Labute approximate surface area is 137 Å². The van der Waals surface area contributed by atoms with Gasteiger partial charge >= 0.3 is 11.6 Å². The maximum absolute atomic E-state index is 11.5. The van der Waals surface area contributed by atoms with Gasteiger partial charge < -0.3 is 10.1 Å². The van der Waals surface area contributed by atoms with Crippen molar-refractivity contribution in [2.24, 2.45) is 0 Å². The van der Waals surface area contributed by atoms with Crippen LogP contribution in [0, 0.1) is 17.0 Å². The lowest BCUT2D eigenvalue weighted by Gasteiger charge is -2.09. The van der Waals surface area contributed by atoms with E-state index in [0.29, 0.717) is 11.6 Å². The third-order valence-electron chi connectivity index (χ3n) is 3.09. The summed E-state index contributed by atoms with van der Waals surface area (Å²) in [5.74, 6) is 0.750. The molecule has 0 saturated heterocycles. The van der Waals surface area contributed by atoms with Gasteiger partial charge in [-0.05, 0) is 30.7 Å². The van der Waals surface area contributed by atoms with E-state index in [4.69, 9.17) is 4.74 Å². The molecular weight excluding hydrogens is 310 g/mol. The van der Waals surface area contributed by atoms with E-state index in [0.717, 1.165) is 5.56 Å². The Balaban J connectivity index is 1.96. The number of rotatable bonds is 5. The van der Waals surface area contributed by atoms with E-state index in [1.165, 1.54) is 6.33 Å². The number of anilines is 2. The van der Waals surface area contributed by atoms with Crippen LogP contribution in [0.5, 0.6) is 11.6 Å². The highest BCUT2D eigenvalue weighted by molar-refractivity contribution is 5.67. The number of nitrogens with one attached hydrogen (secondary N) is 1. The van der Waals surface area contributed by atoms with Crippen LogP contribution < -0.4 is 10.1 Å². The Morgan fingerprint density at radius 1 is 1.08 bits per heavy atom. The number of hydrogen-bond acceptors (Lipinski definition) is 7. The van der Waals surface area contributed by atoms with Crippen molar-refractivity contribution in [2.75, 3.05) is 5.32 Å². The molecule has 1 N–H and O–H groups in total. The Bertz CT molecular complexity index is 853. The molecule has 0 fully saturated rings. The molecule has 3 aromatic rings. The molecule has 0 unspecified atom stereocenters. The summed E-state index contributed by atoms with van der Waals surface area (Å²) in [6.45, 7) is 1.90. The molecule has 0 aliphatic heterocycles. The topological polar surface area (TPSA) is 103 Å². The first-order valence-electron chi connectivity index (χ1n) is 7.05. The number of aromatic nitrogens is 3. The first kappa shape index (κ1) is 15.3. The Morgan fingerprint density at radius 3 is 2.54 bits per heavy atom. The average molecular weight is 323 g/mol. The molecule has 3 rings (SSSR count). The monoisotopic (exact) mass is 323 g/mol. The molecule has 24 heavy (non-hydrogen) atoms. The molecule has 120 valence electrons. The molecule has 8 nitrogen and oxygen atoms in total. The number of aryl methyl sites for hydroxylation is 1. The number of ether oxygens (including phenoxy) is 1. The smallest absolute Gasteiger partial charge is 0.373 e. The minimum atomic E-state index is -0.588. The van der Waals surface area contributed by atoms with Gasteiger partial charge in [0, 0.05) is 6.20 Å². The summed E-state index contributed by atoms with van der Waals surface area (Å²) in [6, 6.07) is 12.2. The van der Waals surface area contributed by atoms with Crippen LogP contribution in [0.2, 0.25) is 0 Å². The van der Waals surface area contributed by atoms with Crippen LogP contribution in [0.3, 0.4) is 0 Å². The lowest BCUT2D eigenvalue weighted by atomic mass is 10.3. The third kappa shape index (κ3) is 3.43. The zero-order valence-electron chi connectivity index (χ0n) is 12.7. The van der Waals surface area contributed by atoms with E-state index in [1.54, 1.807) is 36.5 Å². The lowest BCUT2D eigenvalue weighted by molar-refractivity contribution is -0.385. The van der Waals surface area contributed by atoms with Crippen LogP contribution in [-0.2, 0) is 0 Å². The number of para-hydroxylation sites is 1. The van der Waals surface area contributed by atoms with Crippen molar-refractivity contribution in [3.05, 3.63) is 70.7 Å². The van der Waals surface area contributed by atoms with E-state index >= 15 is 0 Å². The van der Waals surface area contributed by atoms with Gasteiger partial charge in [-0.1, -0.05) is 24.3 Å². The number of nitrogens with zero attached hydrogens (tertiary/aromatic N) is 4. The van der Waals surface area contributed by atoms with E-state index in [1.807, 2.05) is 19.1 Å². The van der Waals surface area contributed by atoms with Gasteiger partial charge in [0.05, 0.1) is 4.92 Å². The highest BCUT2D eigenvalue weighted by atomic mass is 16.6. The summed E-state index contributed by atoms with van der Waals surface area (Å²) in [6.07, 6.45) is 2.85. The van der Waals surface area contributed by atoms with E-state index in [-0.39, 0.29) is 17.4 Å². The normalized spacial score (nSPS) is 10.2. The quantitative estimate of drug-likeness (QED) is 0.565. The van der Waals surface area contributed by atoms with Gasteiger partial charge in [-0.3, -0.25) is 10.1 Å². The molecule has 0 radical (unpaired) electrons. The van der Waals surface area contributed by atoms with Crippen molar-refractivity contribution in [3.63, 3.8) is 0 Å². The maximum atomic E-state index is 11.5. The summed E-state index contributed by atoms with van der Waals surface area (Å²) in [4.78, 5) is 22.8. The van der Waals surface area contributed by atoms with Crippen molar-refractivity contribution >= 4 is 17.3 Å². The number of hydrogen-bond donors (Lipinski definition) is 1. The Kier molecular flexibility index (Phi) is 4.28. The predicted octanol–water partition coefficient (Wildman–Crippen LogP) is 3.62. The Hall–Kier alpha value is -3.55. The van der Waals surface area contributed by atoms with Crippen LogP contribution in [0.4, 0.5) is 17.3 Å². The zero-order valence-corrected chi connectivity index (χ0v) is 12.7. The predicted molar refractivity (Wildman–Crippen MR) is 87.5 cm³/mol. The van der Waals surface area contributed by atoms with Crippen molar-refractivity contribution in [1.82, 2.24) is 15.0 Å². The number of benzene rings is 1. The molecule has 8 heteroatoms. The molecule has 0 aliphatic rings. The zero-order chi connectivity index (χ0) is 16.9. The van der Waals surface area contributed by atoms with Gasteiger partial charge in [0.15, 0.2) is 0 Å². The van der Waals surface area contributed by atoms with Gasteiger partial charge in [-0.2, -0.15) is 4.98 Å². The second kappa shape index (κ2) is 6.69. The van der Waals surface area contributed by atoms with Crippen LogP contribution in [0.1, 0.15) is 5.56 Å². The summed E-state index contributed by atoms with van der Waals surface area (Å²) >= 11 is 0. The van der Waals surface area contributed by atoms with Crippen LogP contribution in [0.25, 0.3) is 0 Å². The maximum Gasteiger partial charge on any atom is 0.373 e. The second-order valence-electron chi connectivity index (χ2n) is 4.89. The van der Waals surface area contributed by atoms with E-state index in [9.17, 15) is 10.1 Å². The second-order valence-corrected chi connectivity index (χ2v) is 4.89. The largest absolute Gasteiger partial charge is 0.434 e. The molecule has 0 atom stereocenters. The highest BCUT2D eigenvalue weighted by Gasteiger charge is 2.25. The molecular formula is C16H13N5O3. The molecule has 0 saturated carbocycles. The van der Waals surface area contributed by atoms with Crippen LogP contribution >= 0.6 is 0 Å². The first-order valence-corrected chi connectivity index (χ1v) is 7.05. The molecule has 2 heterocycles. The van der Waals surface area contributed by atoms with Crippen molar-refractivity contribution in [2.45, 2.75) is 6.92 Å². The van der Waals surface area contributed by atoms with E-state index in [2.05, 4.69) is 20.3 Å². The highest BCUT2D eigenvalue weighted by Crippen LogP contribution is 2.34. The lowest BCUT2D eigenvalue weighted by Crippen LogP contribution is -2.04. The summed E-state index contributed by atoms with van der Waals surface area (Å²) in [5.41, 5.74) is 0.620. The van der Waals surface area contributed by atoms with Gasteiger partial charge in [0.2, 0.25) is 5.82 Å². The van der Waals surface area contributed by atoms with Crippen molar-refractivity contribution in [3.8, 4) is 11.6 Å². The Morgan fingerprint density at radius 2 is 1.88 bits per heavy atom. The number of pyridine rings is 1. The minimum Gasteiger partial charge on any atom is -0.434 e. The first-order chi connectivity index (χ1) is 11.6. The molecule has 0 spiro atoms.